The molecule has 0 amide bonds. The average molecular weight is 259 g/mol. The Balaban J connectivity index is 1.62. The lowest BCUT2D eigenvalue weighted by atomic mass is 9.86. The van der Waals surface area contributed by atoms with Crippen molar-refractivity contribution in [1.82, 2.24) is 0 Å². The molecular weight excluding hydrogens is 234 g/mol. The molecule has 5 heteroatoms. The predicted molar refractivity (Wildman–Crippen MR) is 67.5 cm³/mol. The highest BCUT2D eigenvalue weighted by molar-refractivity contribution is 4.95. The van der Waals surface area contributed by atoms with Gasteiger partial charge in [-0.1, -0.05) is 0 Å². The summed E-state index contributed by atoms with van der Waals surface area (Å²) in [4.78, 5) is 0. The van der Waals surface area contributed by atoms with Crippen LogP contribution in [0, 0.1) is 5.92 Å². The van der Waals surface area contributed by atoms with Crippen LogP contribution < -0.4 is 5.73 Å². The summed E-state index contributed by atoms with van der Waals surface area (Å²) in [6.45, 7) is 3.74. The number of nitrogens with two attached hydrogens (primary N) is 1. The second kappa shape index (κ2) is 7.40. The lowest BCUT2D eigenvalue weighted by Crippen LogP contribution is -2.58. The number of rotatable bonds is 7. The first-order valence-electron chi connectivity index (χ1n) is 6.86. The minimum Gasteiger partial charge on any atom is -0.382 e. The summed E-state index contributed by atoms with van der Waals surface area (Å²) < 4.78 is 21.9. The zero-order valence-electron chi connectivity index (χ0n) is 11.2. The Labute approximate surface area is 109 Å². The molecule has 3 atom stereocenters. The Morgan fingerprint density at radius 3 is 2.61 bits per heavy atom. The fourth-order valence-corrected chi connectivity index (χ4v) is 2.45. The summed E-state index contributed by atoms with van der Waals surface area (Å²) in [5.41, 5.74) is 5.94. The molecule has 0 aromatic heterocycles. The first-order chi connectivity index (χ1) is 8.81. The lowest BCUT2D eigenvalue weighted by molar-refractivity contribution is -0.153. The van der Waals surface area contributed by atoms with Gasteiger partial charge in [-0.3, -0.25) is 0 Å². The molecule has 3 unspecified atom stereocenters. The Morgan fingerprint density at radius 1 is 1.17 bits per heavy atom. The van der Waals surface area contributed by atoms with E-state index in [9.17, 15) is 0 Å². The van der Waals surface area contributed by atoms with Gasteiger partial charge in [-0.25, -0.2) is 0 Å². The summed E-state index contributed by atoms with van der Waals surface area (Å²) in [6.07, 6.45) is 3.32. The van der Waals surface area contributed by atoms with Crippen molar-refractivity contribution in [2.75, 3.05) is 40.1 Å². The van der Waals surface area contributed by atoms with Crippen molar-refractivity contribution in [2.24, 2.45) is 11.7 Å². The molecule has 5 nitrogen and oxygen atoms in total. The molecule has 106 valence electrons. The Morgan fingerprint density at radius 2 is 1.94 bits per heavy atom. The molecular formula is C13H25NO4. The Hall–Kier alpha value is -0.200. The molecule has 1 aliphatic heterocycles. The van der Waals surface area contributed by atoms with E-state index in [1.807, 2.05) is 0 Å². The van der Waals surface area contributed by atoms with Gasteiger partial charge in [-0.2, -0.15) is 0 Å². The molecule has 1 saturated carbocycles. The molecule has 2 N–H and O–H groups in total. The molecule has 0 aromatic rings. The Kier molecular flexibility index (Phi) is 5.85. The summed E-state index contributed by atoms with van der Waals surface area (Å²) in [7, 11) is 1.67. The van der Waals surface area contributed by atoms with E-state index in [2.05, 4.69) is 0 Å². The minimum absolute atomic E-state index is 0.0417. The molecule has 2 fully saturated rings. The second-order valence-corrected chi connectivity index (χ2v) is 5.16. The van der Waals surface area contributed by atoms with Gasteiger partial charge in [0, 0.05) is 26.4 Å². The predicted octanol–water partition coefficient (Wildman–Crippen LogP) is 0.561. The smallest absolute Gasteiger partial charge is 0.0989 e. The van der Waals surface area contributed by atoms with Crippen molar-refractivity contribution in [3.63, 3.8) is 0 Å². The van der Waals surface area contributed by atoms with Crippen LogP contribution in [0.4, 0.5) is 0 Å². The molecule has 0 radical (unpaired) electrons. The van der Waals surface area contributed by atoms with Crippen molar-refractivity contribution in [2.45, 2.75) is 37.5 Å². The van der Waals surface area contributed by atoms with Crippen LogP contribution in [-0.4, -0.2) is 58.4 Å². The fraction of sp³-hybridized carbons (Fsp3) is 1.00. The van der Waals surface area contributed by atoms with E-state index >= 15 is 0 Å². The van der Waals surface area contributed by atoms with Crippen LogP contribution in [0.5, 0.6) is 0 Å². The van der Waals surface area contributed by atoms with Crippen molar-refractivity contribution >= 4 is 0 Å². The summed E-state index contributed by atoms with van der Waals surface area (Å²) in [5.74, 6) is 0.634. The average Bonchev–Trinajstić information content (AvgIpc) is 2.40. The quantitative estimate of drug-likeness (QED) is 0.677. The van der Waals surface area contributed by atoms with Gasteiger partial charge < -0.3 is 24.7 Å². The maximum atomic E-state index is 5.94. The topological polar surface area (TPSA) is 62.9 Å². The van der Waals surface area contributed by atoms with Gasteiger partial charge in [0.2, 0.25) is 0 Å². The number of ether oxygens (including phenoxy) is 4. The summed E-state index contributed by atoms with van der Waals surface area (Å²) >= 11 is 0. The first-order valence-corrected chi connectivity index (χ1v) is 6.86. The molecule has 18 heavy (non-hydrogen) atoms. The number of methoxy groups -OCH3 is 1. The van der Waals surface area contributed by atoms with Gasteiger partial charge in [0.25, 0.3) is 0 Å². The van der Waals surface area contributed by atoms with E-state index in [1.54, 1.807) is 7.11 Å². The summed E-state index contributed by atoms with van der Waals surface area (Å²) in [6, 6.07) is 0.113. The summed E-state index contributed by atoms with van der Waals surface area (Å²) in [5, 5.41) is 0. The standard InChI is InChI=1S/C13H25NO4/c1-15-6-7-17-13-11(14)8-12(13)18-9-10-2-4-16-5-3-10/h10-13H,2-9,14H2,1H3. The van der Waals surface area contributed by atoms with Crippen LogP contribution >= 0.6 is 0 Å². The highest BCUT2D eigenvalue weighted by Crippen LogP contribution is 2.27. The highest BCUT2D eigenvalue weighted by Gasteiger charge is 2.40. The van der Waals surface area contributed by atoms with Crippen molar-refractivity contribution < 1.29 is 18.9 Å². The van der Waals surface area contributed by atoms with E-state index in [-0.39, 0.29) is 18.2 Å². The van der Waals surface area contributed by atoms with Crippen LogP contribution in [0.2, 0.25) is 0 Å². The van der Waals surface area contributed by atoms with E-state index < -0.39 is 0 Å². The van der Waals surface area contributed by atoms with Crippen molar-refractivity contribution in [3.05, 3.63) is 0 Å². The molecule has 1 heterocycles. The van der Waals surface area contributed by atoms with Gasteiger partial charge in [-0.15, -0.1) is 0 Å². The monoisotopic (exact) mass is 259 g/mol. The van der Waals surface area contributed by atoms with Gasteiger partial charge >= 0.3 is 0 Å². The second-order valence-electron chi connectivity index (χ2n) is 5.16. The lowest BCUT2D eigenvalue weighted by Gasteiger charge is -2.42. The molecule has 0 bridgehead atoms. The SMILES string of the molecule is COCCOC1C(N)CC1OCC1CCOCC1. The van der Waals surface area contributed by atoms with Crippen LogP contribution in [0.1, 0.15) is 19.3 Å². The van der Waals surface area contributed by atoms with Crippen LogP contribution in [-0.2, 0) is 18.9 Å². The zero-order chi connectivity index (χ0) is 12.8. The van der Waals surface area contributed by atoms with E-state index in [4.69, 9.17) is 24.7 Å². The maximum Gasteiger partial charge on any atom is 0.0989 e. The van der Waals surface area contributed by atoms with Gasteiger partial charge in [-0.05, 0) is 25.2 Å². The van der Waals surface area contributed by atoms with Gasteiger partial charge in [0.15, 0.2) is 0 Å². The van der Waals surface area contributed by atoms with Crippen LogP contribution in [0.15, 0.2) is 0 Å². The first kappa shape index (κ1) is 14.2. The normalized spacial score (nSPS) is 33.3. The van der Waals surface area contributed by atoms with Crippen molar-refractivity contribution in [1.29, 1.82) is 0 Å². The van der Waals surface area contributed by atoms with Gasteiger partial charge in [0.1, 0.15) is 0 Å². The number of hydrogen-bond acceptors (Lipinski definition) is 5. The molecule has 2 aliphatic rings. The maximum absolute atomic E-state index is 5.94. The molecule has 0 spiro atoms. The van der Waals surface area contributed by atoms with Crippen LogP contribution in [0.25, 0.3) is 0 Å². The third-order valence-electron chi connectivity index (χ3n) is 3.78. The highest BCUT2D eigenvalue weighted by atomic mass is 16.6. The third-order valence-corrected chi connectivity index (χ3v) is 3.78. The molecule has 2 rings (SSSR count). The van der Waals surface area contributed by atoms with Gasteiger partial charge in [0.05, 0.1) is 32.0 Å². The largest absolute Gasteiger partial charge is 0.382 e. The molecule has 1 saturated heterocycles. The third kappa shape index (κ3) is 3.90. The van der Waals surface area contributed by atoms with E-state index in [0.29, 0.717) is 19.1 Å². The van der Waals surface area contributed by atoms with E-state index in [1.165, 1.54) is 0 Å². The minimum atomic E-state index is 0.0417. The Bertz CT molecular complexity index is 233. The van der Waals surface area contributed by atoms with Crippen molar-refractivity contribution in [3.8, 4) is 0 Å². The van der Waals surface area contributed by atoms with Crippen LogP contribution in [0.3, 0.4) is 0 Å². The zero-order valence-corrected chi connectivity index (χ0v) is 11.2. The fourth-order valence-electron chi connectivity index (χ4n) is 2.45. The molecule has 0 aromatic carbocycles. The number of hydrogen-bond donors (Lipinski definition) is 1. The molecule has 1 aliphatic carbocycles. The van der Waals surface area contributed by atoms with E-state index in [0.717, 1.165) is 39.1 Å².